The summed E-state index contributed by atoms with van der Waals surface area (Å²) in [6, 6.07) is 7.97. The van der Waals surface area contributed by atoms with E-state index in [1.165, 1.54) is 0 Å². The molecule has 2 nitrogen and oxygen atoms in total. The van der Waals surface area contributed by atoms with Crippen LogP contribution >= 0.6 is 0 Å². The predicted molar refractivity (Wildman–Crippen MR) is 44.2 cm³/mol. The fourth-order valence-corrected chi connectivity index (χ4v) is 1.00. The first-order chi connectivity index (χ1) is 5.47. The number of hydrogen-bond acceptors (Lipinski definition) is 2. The molecule has 0 aliphatic carbocycles. The molecule has 0 saturated heterocycles. The summed E-state index contributed by atoms with van der Waals surface area (Å²) in [6.45, 7) is 0. The third kappa shape index (κ3) is 1.15. The Kier molecular flexibility index (Phi) is 1.44. The Morgan fingerprint density at radius 3 is 2.82 bits per heavy atom. The normalized spacial score (nSPS) is 13.5. The van der Waals surface area contributed by atoms with Gasteiger partial charge in [0.25, 0.3) is 0 Å². The fourth-order valence-electron chi connectivity index (χ4n) is 1.00. The third-order valence-electron chi connectivity index (χ3n) is 1.55. The van der Waals surface area contributed by atoms with Crippen molar-refractivity contribution in [3.05, 3.63) is 34.7 Å². The molecule has 0 fully saturated rings. The number of nitrogens with zero attached hydrogens (tertiary/aromatic N) is 1. The maximum absolute atomic E-state index is 4.83. The van der Waals surface area contributed by atoms with Crippen LogP contribution in [0.2, 0.25) is 0 Å². The minimum absolute atomic E-state index is 1.06. The van der Waals surface area contributed by atoms with Crippen molar-refractivity contribution in [2.45, 2.75) is 0 Å². The molecule has 0 aromatic heterocycles. The second-order valence-corrected chi connectivity index (χ2v) is 2.27. The Labute approximate surface area is 64.1 Å². The van der Waals surface area contributed by atoms with Crippen LogP contribution < -0.4 is 10.4 Å². The first-order valence-corrected chi connectivity index (χ1v) is 3.41. The van der Waals surface area contributed by atoms with E-state index in [2.05, 4.69) is 5.16 Å². The summed E-state index contributed by atoms with van der Waals surface area (Å²) in [5.41, 5.74) is 0. The summed E-state index contributed by atoms with van der Waals surface area (Å²) in [6.07, 6.45) is 5.19. The monoisotopic (exact) mass is 145 g/mol. The zero-order chi connectivity index (χ0) is 7.52. The maximum atomic E-state index is 4.83. The summed E-state index contributed by atoms with van der Waals surface area (Å²) in [5.74, 6) is 0. The number of hydrogen-bond donors (Lipinski definition) is 0. The lowest BCUT2D eigenvalue weighted by molar-refractivity contribution is 0.320. The van der Waals surface area contributed by atoms with Crippen molar-refractivity contribution in [1.82, 2.24) is 0 Å². The van der Waals surface area contributed by atoms with Crippen molar-refractivity contribution in [3.8, 4) is 0 Å². The highest BCUT2D eigenvalue weighted by atomic mass is 16.6. The van der Waals surface area contributed by atoms with Gasteiger partial charge in [0.2, 0.25) is 0 Å². The van der Waals surface area contributed by atoms with Crippen LogP contribution in [-0.2, 0) is 4.84 Å². The van der Waals surface area contributed by atoms with Crippen molar-refractivity contribution in [3.63, 3.8) is 0 Å². The predicted octanol–water partition coefficient (Wildman–Crippen LogP) is 0.221. The van der Waals surface area contributed by atoms with E-state index in [0.29, 0.717) is 0 Å². The summed E-state index contributed by atoms with van der Waals surface area (Å²) in [5, 5.41) is 5.84. The zero-order valence-corrected chi connectivity index (χ0v) is 5.90. The van der Waals surface area contributed by atoms with Crippen LogP contribution in [-0.4, -0.2) is 6.21 Å². The summed E-state index contributed by atoms with van der Waals surface area (Å²) in [7, 11) is 0. The van der Waals surface area contributed by atoms with Crippen LogP contribution in [0.15, 0.2) is 29.4 Å². The van der Waals surface area contributed by atoms with Gasteiger partial charge in [-0.25, -0.2) is 0 Å². The summed E-state index contributed by atoms with van der Waals surface area (Å²) < 4.78 is 0. The van der Waals surface area contributed by atoms with Crippen LogP contribution in [0.1, 0.15) is 0 Å². The van der Waals surface area contributed by atoms with Crippen LogP contribution in [0.25, 0.3) is 12.3 Å². The molecule has 1 heterocycles. The molecule has 0 saturated carbocycles. The van der Waals surface area contributed by atoms with Gasteiger partial charge < -0.3 is 4.84 Å². The lowest BCUT2D eigenvalue weighted by Gasteiger charge is -1.85. The van der Waals surface area contributed by atoms with E-state index in [1.807, 2.05) is 30.3 Å². The number of rotatable bonds is 0. The van der Waals surface area contributed by atoms with Gasteiger partial charge in [0.05, 0.1) is 6.21 Å². The molecule has 0 radical (unpaired) electrons. The highest BCUT2D eigenvalue weighted by molar-refractivity contribution is 5.90. The van der Waals surface area contributed by atoms with Gasteiger partial charge in [-0.3, -0.25) is 0 Å². The van der Waals surface area contributed by atoms with E-state index in [4.69, 9.17) is 4.84 Å². The van der Waals surface area contributed by atoms with Gasteiger partial charge in [-0.15, -0.1) is 0 Å². The van der Waals surface area contributed by atoms with Crippen molar-refractivity contribution < 1.29 is 4.84 Å². The second-order valence-electron chi connectivity index (χ2n) is 2.27. The molecule has 2 rings (SSSR count). The lowest BCUT2D eigenvalue weighted by atomic mass is 10.2. The molecule has 0 N–H and O–H groups in total. The third-order valence-corrected chi connectivity index (χ3v) is 1.55. The average Bonchev–Trinajstić information content (AvgIpc) is 2.28. The van der Waals surface area contributed by atoms with E-state index < -0.39 is 0 Å². The molecule has 54 valence electrons. The Hall–Kier alpha value is -1.57. The van der Waals surface area contributed by atoms with Gasteiger partial charge in [-0.1, -0.05) is 29.4 Å². The molecule has 0 unspecified atom stereocenters. The highest BCUT2D eigenvalue weighted by Gasteiger charge is 1.85. The van der Waals surface area contributed by atoms with E-state index in [0.717, 1.165) is 10.4 Å². The van der Waals surface area contributed by atoms with E-state index >= 15 is 0 Å². The van der Waals surface area contributed by atoms with Crippen molar-refractivity contribution in [2.24, 2.45) is 5.16 Å². The number of benzene rings is 1. The molecule has 1 aromatic rings. The Morgan fingerprint density at radius 1 is 1.09 bits per heavy atom. The lowest BCUT2D eigenvalue weighted by Crippen LogP contribution is -2.22. The molecular formula is C9H7NO. The quantitative estimate of drug-likeness (QED) is 0.511. The number of fused-ring (bicyclic) bond motifs is 1. The first-order valence-electron chi connectivity index (χ1n) is 3.41. The van der Waals surface area contributed by atoms with Gasteiger partial charge >= 0.3 is 0 Å². The summed E-state index contributed by atoms with van der Waals surface area (Å²) in [4.78, 5) is 4.83. The smallest absolute Gasteiger partial charge is 0.129 e. The molecule has 1 aliphatic heterocycles. The van der Waals surface area contributed by atoms with E-state index in [9.17, 15) is 0 Å². The van der Waals surface area contributed by atoms with Crippen LogP contribution in [0, 0.1) is 0 Å². The van der Waals surface area contributed by atoms with Gasteiger partial charge in [0.1, 0.15) is 6.26 Å². The average molecular weight is 145 g/mol. The zero-order valence-electron chi connectivity index (χ0n) is 5.90. The second kappa shape index (κ2) is 2.58. The van der Waals surface area contributed by atoms with Crippen molar-refractivity contribution in [2.75, 3.05) is 0 Å². The molecule has 11 heavy (non-hydrogen) atoms. The van der Waals surface area contributed by atoms with E-state index in [1.54, 1.807) is 12.5 Å². The maximum Gasteiger partial charge on any atom is 0.129 e. The minimum Gasteiger partial charge on any atom is -0.364 e. The van der Waals surface area contributed by atoms with Crippen LogP contribution in [0.3, 0.4) is 0 Å². The topological polar surface area (TPSA) is 21.6 Å². The first kappa shape index (κ1) is 6.16. The molecule has 0 amide bonds. The van der Waals surface area contributed by atoms with Gasteiger partial charge in [0, 0.05) is 5.22 Å². The Bertz CT molecular complexity index is 392. The summed E-state index contributed by atoms with van der Waals surface area (Å²) >= 11 is 0. The minimum atomic E-state index is 1.06. The molecule has 0 spiro atoms. The number of oxime groups is 1. The standard InChI is InChI=1S/C9H7NO/c1-2-4-9-7-11-10-6-5-8(9)3-1/h1-7H. The van der Waals surface area contributed by atoms with Crippen LogP contribution in [0.5, 0.6) is 0 Å². The molecule has 1 aromatic carbocycles. The molecule has 0 atom stereocenters. The van der Waals surface area contributed by atoms with Crippen LogP contribution in [0.4, 0.5) is 0 Å². The Morgan fingerprint density at radius 2 is 1.91 bits per heavy atom. The van der Waals surface area contributed by atoms with Gasteiger partial charge in [0.15, 0.2) is 0 Å². The molecule has 1 aliphatic rings. The van der Waals surface area contributed by atoms with E-state index in [-0.39, 0.29) is 0 Å². The molecule has 2 heteroatoms. The van der Waals surface area contributed by atoms with Crippen molar-refractivity contribution in [1.29, 1.82) is 0 Å². The largest absolute Gasteiger partial charge is 0.364 e. The SMILES string of the molecule is C1=NOC=c2ccccc2=C1. The van der Waals surface area contributed by atoms with Gasteiger partial charge in [-0.2, -0.15) is 0 Å². The van der Waals surface area contributed by atoms with Crippen molar-refractivity contribution >= 4 is 18.6 Å². The van der Waals surface area contributed by atoms with Gasteiger partial charge in [-0.05, 0) is 11.3 Å². The Balaban J connectivity index is 2.81. The fraction of sp³-hybridized carbons (Fsp3) is 0. The highest BCUT2D eigenvalue weighted by Crippen LogP contribution is 1.79. The molecule has 0 bridgehead atoms. The molecular weight excluding hydrogens is 138 g/mol.